The Morgan fingerprint density at radius 1 is 0.969 bits per heavy atom. The van der Waals surface area contributed by atoms with Crippen LogP contribution in [0, 0.1) is 5.92 Å². The van der Waals surface area contributed by atoms with Crippen molar-refractivity contribution < 1.29 is 14.4 Å². The van der Waals surface area contributed by atoms with E-state index in [0.29, 0.717) is 23.8 Å². The number of benzene rings is 1. The minimum absolute atomic E-state index is 0.0996. The summed E-state index contributed by atoms with van der Waals surface area (Å²) in [6, 6.07) is 6.78. The molecule has 0 radical (unpaired) electrons. The van der Waals surface area contributed by atoms with E-state index in [0.717, 1.165) is 50.1 Å². The summed E-state index contributed by atoms with van der Waals surface area (Å²) < 4.78 is 0. The van der Waals surface area contributed by atoms with Crippen molar-refractivity contribution in [3.8, 4) is 0 Å². The van der Waals surface area contributed by atoms with Gasteiger partial charge in [0.05, 0.1) is 5.92 Å². The molecule has 3 amide bonds. The Morgan fingerprint density at radius 3 is 2.44 bits per heavy atom. The number of nitrogens with zero attached hydrogens (tertiary/aromatic N) is 4. The van der Waals surface area contributed by atoms with E-state index in [4.69, 9.17) is 11.6 Å². The number of likely N-dealkylation sites (tertiary alicyclic amines) is 2. The predicted molar refractivity (Wildman–Crippen MR) is 123 cm³/mol. The molecule has 0 spiro atoms. The predicted octanol–water partition coefficient (Wildman–Crippen LogP) is 3.70. The van der Waals surface area contributed by atoms with Gasteiger partial charge in [-0.1, -0.05) is 41.8 Å². The third-order valence-corrected chi connectivity index (χ3v) is 7.01. The normalized spacial score (nSPS) is 19.3. The number of nitrogens with one attached hydrogen (secondary N) is 1. The Labute approximate surface area is 195 Å². The fourth-order valence-corrected chi connectivity index (χ4v) is 5.10. The van der Waals surface area contributed by atoms with Gasteiger partial charge in [0.2, 0.25) is 15.9 Å². The maximum absolute atomic E-state index is 13.0. The van der Waals surface area contributed by atoms with Crippen LogP contribution in [0.2, 0.25) is 5.02 Å². The highest BCUT2D eigenvalue weighted by Crippen LogP contribution is 2.24. The zero-order valence-corrected chi connectivity index (χ0v) is 19.3. The second-order valence-corrected chi connectivity index (χ2v) is 9.62. The molecule has 1 atom stereocenters. The molecule has 2 aliphatic heterocycles. The van der Waals surface area contributed by atoms with Gasteiger partial charge in [0.1, 0.15) is 0 Å². The van der Waals surface area contributed by atoms with Crippen LogP contribution in [0.25, 0.3) is 0 Å². The lowest BCUT2D eigenvalue weighted by atomic mass is 9.96. The number of piperidine rings is 1. The van der Waals surface area contributed by atoms with E-state index in [-0.39, 0.29) is 27.7 Å². The van der Waals surface area contributed by atoms with Crippen LogP contribution in [0.4, 0.5) is 5.69 Å². The smallest absolute Gasteiger partial charge is 0.286 e. The molecule has 10 heteroatoms. The molecule has 0 unspecified atom stereocenters. The van der Waals surface area contributed by atoms with Crippen molar-refractivity contribution in [3.05, 3.63) is 39.3 Å². The van der Waals surface area contributed by atoms with E-state index in [1.807, 2.05) is 4.90 Å². The molecule has 2 saturated heterocycles. The molecule has 0 saturated carbocycles. The Kier molecular flexibility index (Phi) is 7.36. The molecule has 2 fully saturated rings. The molecular formula is C22H26ClN5O3S. The van der Waals surface area contributed by atoms with E-state index in [1.54, 1.807) is 29.2 Å². The number of anilines is 1. The minimum atomic E-state index is -0.448. The molecule has 0 bridgehead atoms. The van der Waals surface area contributed by atoms with Gasteiger partial charge in [-0.25, -0.2) is 0 Å². The highest BCUT2D eigenvalue weighted by molar-refractivity contribution is 7.15. The van der Waals surface area contributed by atoms with Crippen LogP contribution < -0.4 is 5.32 Å². The van der Waals surface area contributed by atoms with Crippen molar-refractivity contribution in [1.29, 1.82) is 0 Å². The monoisotopic (exact) mass is 475 g/mol. The number of amides is 3. The molecule has 4 rings (SSSR count). The molecular weight excluding hydrogens is 450 g/mol. The summed E-state index contributed by atoms with van der Waals surface area (Å²) in [5.41, 5.74) is 0.538. The maximum atomic E-state index is 13.0. The van der Waals surface area contributed by atoms with E-state index >= 15 is 0 Å². The average Bonchev–Trinajstić information content (AvgIpc) is 3.14. The number of carbonyl (C=O) groups is 3. The van der Waals surface area contributed by atoms with Crippen LogP contribution in [-0.2, 0) is 4.79 Å². The second-order valence-electron chi connectivity index (χ2n) is 8.21. The van der Waals surface area contributed by atoms with Gasteiger partial charge in [0.15, 0.2) is 0 Å². The number of rotatable bonds is 4. The molecule has 3 heterocycles. The average molecular weight is 476 g/mol. The summed E-state index contributed by atoms with van der Waals surface area (Å²) in [5.74, 6) is -0.748. The Bertz CT molecular complexity index is 989. The van der Waals surface area contributed by atoms with Gasteiger partial charge in [-0.2, -0.15) is 0 Å². The lowest BCUT2D eigenvalue weighted by molar-refractivity contribution is -0.136. The number of carbonyl (C=O) groups excluding carboxylic acids is 3. The molecule has 1 aromatic heterocycles. The van der Waals surface area contributed by atoms with E-state index in [1.165, 1.54) is 12.8 Å². The van der Waals surface area contributed by atoms with Gasteiger partial charge in [0, 0.05) is 36.9 Å². The summed E-state index contributed by atoms with van der Waals surface area (Å²) >= 11 is 6.90. The lowest BCUT2D eigenvalue weighted by Gasteiger charge is -2.34. The first kappa shape index (κ1) is 22.7. The summed E-state index contributed by atoms with van der Waals surface area (Å²) in [6.07, 6.45) is 6.00. The topological polar surface area (TPSA) is 95.5 Å². The summed E-state index contributed by atoms with van der Waals surface area (Å²) in [7, 11) is 0. The number of aromatic nitrogens is 2. The second kappa shape index (κ2) is 10.4. The summed E-state index contributed by atoms with van der Waals surface area (Å²) in [6.45, 7) is 2.58. The maximum Gasteiger partial charge on any atom is 0.286 e. The first-order valence-electron chi connectivity index (χ1n) is 11.0. The summed E-state index contributed by atoms with van der Waals surface area (Å²) in [4.78, 5) is 42.1. The van der Waals surface area contributed by atoms with Crippen molar-refractivity contribution in [2.45, 2.75) is 38.5 Å². The van der Waals surface area contributed by atoms with E-state index < -0.39 is 5.91 Å². The quantitative estimate of drug-likeness (QED) is 0.727. The van der Waals surface area contributed by atoms with Crippen molar-refractivity contribution in [3.63, 3.8) is 0 Å². The Balaban J connectivity index is 1.38. The van der Waals surface area contributed by atoms with Crippen molar-refractivity contribution in [1.82, 2.24) is 20.0 Å². The largest absolute Gasteiger partial charge is 0.342 e. The van der Waals surface area contributed by atoms with Crippen LogP contribution in [0.15, 0.2) is 24.3 Å². The zero-order chi connectivity index (χ0) is 22.5. The molecule has 0 aliphatic carbocycles. The molecule has 8 nitrogen and oxygen atoms in total. The lowest BCUT2D eigenvalue weighted by Crippen LogP contribution is -2.47. The van der Waals surface area contributed by atoms with E-state index in [2.05, 4.69) is 15.5 Å². The third-order valence-electron chi connectivity index (χ3n) is 5.86. The van der Waals surface area contributed by atoms with Crippen LogP contribution in [0.1, 0.15) is 58.1 Å². The van der Waals surface area contributed by atoms with Gasteiger partial charge >= 0.3 is 0 Å². The zero-order valence-electron chi connectivity index (χ0n) is 17.8. The fraction of sp³-hybridized carbons (Fsp3) is 0.500. The SMILES string of the molecule is O=C(Nc1cccc(Cl)c1)c1nnc(C(=O)N2CCC[C@@H](C(=O)N3CCCCCC3)C2)s1. The van der Waals surface area contributed by atoms with Gasteiger partial charge in [0.25, 0.3) is 11.8 Å². The van der Waals surface area contributed by atoms with Gasteiger partial charge in [-0.05, 0) is 43.9 Å². The van der Waals surface area contributed by atoms with Crippen LogP contribution in [-0.4, -0.2) is 63.9 Å². The van der Waals surface area contributed by atoms with Crippen LogP contribution >= 0.6 is 22.9 Å². The van der Waals surface area contributed by atoms with Crippen LogP contribution in [0.3, 0.4) is 0 Å². The van der Waals surface area contributed by atoms with Gasteiger partial charge in [-0.15, -0.1) is 10.2 Å². The highest BCUT2D eigenvalue weighted by atomic mass is 35.5. The van der Waals surface area contributed by atoms with Gasteiger partial charge < -0.3 is 15.1 Å². The van der Waals surface area contributed by atoms with Gasteiger partial charge in [-0.3, -0.25) is 14.4 Å². The van der Waals surface area contributed by atoms with Crippen LogP contribution in [0.5, 0.6) is 0 Å². The van der Waals surface area contributed by atoms with Crippen molar-refractivity contribution >= 4 is 46.3 Å². The number of halogens is 1. The first-order chi connectivity index (χ1) is 15.5. The highest BCUT2D eigenvalue weighted by Gasteiger charge is 2.33. The molecule has 32 heavy (non-hydrogen) atoms. The number of hydrogen-bond donors (Lipinski definition) is 1. The Morgan fingerprint density at radius 2 is 1.69 bits per heavy atom. The first-order valence-corrected chi connectivity index (χ1v) is 12.2. The molecule has 170 valence electrons. The Hall–Kier alpha value is -2.52. The minimum Gasteiger partial charge on any atom is -0.342 e. The molecule has 2 aromatic rings. The van der Waals surface area contributed by atoms with Crippen molar-refractivity contribution in [2.24, 2.45) is 5.92 Å². The molecule has 1 N–H and O–H groups in total. The molecule has 1 aromatic carbocycles. The third kappa shape index (κ3) is 5.45. The molecule has 2 aliphatic rings. The standard InChI is InChI=1S/C22H26ClN5O3S/c23-16-8-5-9-17(13-16)24-18(29)19-25-26-20(32-19)22(31)28-12-6-7-15(14-28)21(30)27-10-3-1-2-4-11-27/h5,8-9,13,15H,1-4,6-7,10-12,14H2,(H,24,29)/t15-/m1/s1. The van der Waals surface area contributed by atoms with E-state index in [9.17, 15) is 14.4 Å². The summed E-state index contributed by atoms with van der Waals surface area (Å²) in [5, 5.41) is 11.3. The van der Waals surface area contributed by atoms with Crippen molar-refractivity contribution in [2.75, 3.05) is 31.5 Å². The fourth-order valence-electron chi connectivity index (χ4n) is 4.20. The number of hydrogen-bond acceptors (Lipinski definition) is 6.